The quantitative estimate of drug-likeness (QED) is 0.832. The molecule has 0 bridgehead atoms. The van der Waals surface area contributed by atoms with Gasteiger partial charge in [0.2, 0.25) is 0 Å². The minimum absolute atomic E-state index is 0.712. The Morgan fingerprint density at radius 3 is 2.67 bits per heavy atom. The van der Waals surface area contributed by atoms with E-state index in [4.69, 9.17) is 10.5 Å². The lowest BCUT2D eigenvalue weighted by atomic mass is 9.94. The maximum absolute atomic E-state index is 6.04. The van der Waals surface area contributed by atoms with Crippen LogP contribution in [0.4, 0.5) is 5.69 Å². The van der Waals surface area contributed by atoms with Crippen molar-refractivity contribution in [3.8, 4) is 5.75 Å². The minimum Gasteiger partial charge on any atom is -0.497 e. The normalized spacial score (nSPS) is 17.1. The highest BCUT2D eigenvalue weighted by Crippen LogP contribution is 2.25. The summed E-state index contributed by atoms with van der Waals surface area (Å²) in [6.45, 7) is 0.910. The van der Waals surface area contributed by atoms with Crippen molar-refractivity contribution >= 4 is 5.69 Å². The summed E-state index contributed by atoms with van der Waals surface area (Å²) in [7, 11) is 3.90. The van der Waals surface area contributed by atoms with Gasteiger partial charge in [0.1, 0.15) is 5.75 Å². The van der Waals surface area contributed by atoms with E-state index in [1.165, 1.54) is 37.7 Å². The number of benzene rings is 1. The molecule has 0 amide bonds. The zero-order chi connectivity index (χ0) is 13.0. The van der Waals surface area contributed by atoms with Gasteiger partial charge in [0.15, 0.2) is 0 Å². The Balaban J connectivity index is 2.03. The van der Waals surface area contributed by atoms with Gasteiger partial charge in [-0.1, -0.05) is 19.3 Å². The van der Waals surface area contributed by atoms with Gasteiger partial charge in [0.25, 0.3) is 0 Å². The second-order valence-electron chi connectivity index (χ2n) is 5.27. The molecule has 0 aromatic heterocycles. The molecule has 0 saturated heterocycles. The highest BCUT2D eigenvalue weighted by atomic mass is 16.5. The van der Waals surface area contributed by atoms with Crippen LogP contribution in [0, 0.1) is 0 Å². The van der Waals surface area contributed by atoms with Crippen molar-refractivity contribution in [3.63, 3.8) is 0 Å². The van der Waals surface area contributed by atoms with Crippen molar-refractivity contribution in [2.45, 2.75) is 44.7 Å². The van der Waals surface area contributed by atoms with Gasteiger partial charge in [-0.25, -0.2) is 0 Å². The zero-order valence-electron chi connectivity index (χ0n) is 11.5. The number of nitrogen functional groups attached to an aromatic ring is 1. The van der Waals surface area contributed by atoms with E-state index in [0.29, 0.717) is 6.04 Å². The summed E-state index contributed by atoms with van der Waals surface area (Å²) in [5.41, 5.74) is 8.07. The number of hydrogen-bond acceptors (Lipinski definition) is 3. The van der Waals surface area contributed by atoms with Crippen LogP contribution in [0.15, 0.2) is 18.2 Å². The van der Waals surface area contributed by atoms with Crippen molar-refractivity contribution < 1.29 is 4.74 Å². The van der Waals surface area contributed by atoms with Gasteiger partial charge in [-0.05, 0) is 43.7 Å². The predicted molar refractivity (Wildman–Crippen MR) is 75.7 cm³/mol. The largest absolute Gasteiger partial charge is 0.497 e. The molecule has 0 unspecified atom stereocenters. The molecule has 0 spiro atoms. The van der Waals surface area contributed by atoms with E-state index in [2.05, 4.69) is 18.0 Å². The van der Waals surface area contributed by atoms with Gasteiger partial charge in [0.05, 0.1) is 7.11 Å². The topological polar surface area (TPSA) is 38.5 Å². The number of anilines is 1. The molecule has 18 heavy (non-hydrogen) atoms. The molecule has 1 aliphatic carbocycles. The first-order valence-corrected chi connectivity index (χ1v) is 6.83. The van der Waals surface area contributed by atoms with Gasteiger partial charge in [-0.15, -0.1) is 0 Å². The van der Waals surface area contributed by atoms with Crippen LogP contribution in [0.3, 0.4) is 0 Å². The van der Waals surface area contributed by atoms with Crippen molar-refractivity contribution in [1.29, 1.82) is 0 Å². The number of methoxy groups -OCH3 is 1. The molecule has 0 atom stereocenters. The van der Waals surface area contributed by atoms with Crippen LogP contribution < -0.4 is 10.5 Å². The predicted octanol–water partition coefficient (Wildman–Crippen LogP) is 3.04. The van der Waals surface area contributed by atoms with E-state index in [-0.39, 0.29) is 0 Å². The van der Waals surface area contributed by atoms with E-state index >= 15 is 0 Å². The SMILES string of the molecule is COc1ccc(N)c(CN(C)C2CCCCC2)c1. The van der Waals surface area contributed by atoms with Crippen molar-refractivity contribution in [1.82, 2.24) is 4.90 Å². The van der Waals surface area contributed by atoms with Gasteiger partial charge in [0, 0.05) is 18.3 Å². The second-order valence-corrected chi connectivity index (χ2v) is 5.27. The fourth-order valence-corrected chi connectivity index (χ4v) is 2.77. The Morgan fingerprint density at radius 2 is 2.00 bits per heavy atom. The summed E-state index contributed by atoms with van der Waals surface area (Å²) in [6, 6.07) is 6.61. The third kappa shape index (κ3) is 3.16. The van der Waals surface area contributed by atoms with Crippen molar-refractivity contribution in [2.75, 3.05) is 19.9 Å². The van der Waals surface area contributed by atoms with E-state index in [1.54, 1.807) is 7.11 Å². The van der Waals surface area contributed by atoms with E-state index < -0.39 is 0 Å². The molecule has 3 nitrogen and oxygen atoms in total. The average Bonchev–Trinajstić information content (AvgIpc) is 2.42. The first-order chi connectivity index (χ1) is 8.70. The van der Waals surface area contributed by atoms with Crippen LogP contribution in [0.5, 0.6) is 5.75 Å². The van der Waals surface area contributed by atoms with Crippen molar-refractivity contribution in [2.24, 2.45) is 0 Å². The van der Waals surface area contributed by atoms with E-state index in [0.717, 1.165) is 18.0 Å². The molecule has 2 N–H and O–H groups in total. The third-order valence-corrected chi connectivity index (χ3v) is 3.97. The Hall–Kier alpha value is -1.22. The van der Waals surface area contributed by atoms with Crippen LogP contribution in [0.2, 0.25) is 0 Å². The Bertz CT molecular complexity index is 386. The van der Waals surface area contributed by atoms with E-state index in [1.807, 2.05) is 12.1 Å². The molecule has 0 aliphatic heterocycles. The number of ether oxygens (including phenoxy) is 1. The highest BCUT2D eigenvalue weighted by Gasteiger charge is 2.18. The van der Waals surface area contributed by atoms with Crippen LogP contribution in [-0.2, 0) is 6.54 Å². The first kappa shape index (κ1) is 13.2. The molecule has 1 saturated carbocycles. The molecule has 1 aromatic rings. The second kappa shape index (κ2) is 6.10. The lowest BCUT2D eigenvalue weighted by molar-refractivity contribution is 0.184. The maximum atomic E-state index is 6.04. The van der Waals surface area contributed by atoms with Gasteiger partial charge in [-0.3, -0.25) is 4.90 Å². The molecule has 0 radical (unpaired) electrons. The first-order valence-electron chi connectivity index (χ1n) is 6.83. The summed E-state index contributed by atoms with van der Waals surface area (Å²) >= 11 is 0. The number of nitrogens with two attached hydrogens (primary N) is 1. The highest BCUT2D eigenvalue weighted by molar-refractivity contribution is 5.50. The van der Waals surface area contributed by atoms with Gasteiger partial charge < -0.3 is 10.5 Å². The minimum atomic E-state index is 0.712. The summed E-state index contributed by atoms with van der Waals surface area (Å²) in [4.78, 5) is 2.43. The number of nitrogens with zero attached hydrogens (tertiary/aromatic N) is 1. The Kier molecular flexibility index (Phi) is 4.48. The standard InChI is InChI=1S/C15H24N2O/c1-17(13-6-4-3-5-7-13)11-12-10-14(18-2)8-9-15(12)16/h8-10,13H,3-7,11,16H2,1-2H3. The molecular formula is C15H24N2O. The van der Waals surface area contributed by atoms with Crippen LogP contribution in [-0.4, -0.2) is 25.1 Å². The maximum Gasteiger partial charge on any atom is 0.119 e. The monoisotopic (exact) mass is 248 g/mol. The van der Waals surface area contributed by atoms with Crippen molar-refractivity contribution in [3.05, 3.63) is 23.8 Å². The lowest BCUT2D eigenvalue weighted by Crippen LogP contribution is -2.33. The molecule has 3 heteroatoms. The summed E-state index contributed by atoms with van der Waals surface area (Å²) < 4.78 is 5.26. The van der Waals surface area contributed by atoms with Gasteiger partial charge in [-0.2, -0.15) is 0 Å². The molecule has 1 aliphatic rings. The Morgan fingerprint density at radius 1 is 1.28 bits per heavy atom. The molecule has 0 heterocycles. The summed E-state index contributed by atoms with van der Waals surface area (Å²) in [5.74, 6) is 0.885. The van der Waals surface area contributed by atoms with Crippen LogP contribution in [0.1, 0.15) is 37.7 Å². The Labute approximate surface area is 110 Å². The molecule has 2 rings (SSSR count). The fraction of sp³-hybridized carbons (Fsp3) is 0.600. The van der Waals surface area contributed by atoms with Gasteiger partial charge >= 0.3 is 0 Å². The molecule has 1 aromatic carbocycles. The van der Waals surface area contributed by atoms with Crippen LogP contribution in [0.25, 0.3) is 0 Å². The average molecular weight is 248 g/mol. The molecule has 100 valence electrons. The summed E-state index contributed by atoms with van der Waals surface area (Å²) in [6.07, 6.45) is 6.76. The summed E-state index contributed by atoms with van der Waals surface area (Å²) in [5, 5.41) is 0. The number of rotatable bonds is 4. The number of hydrogen-bond donors (Lipinski definition) is 1. The third-order valence-electron chi connectivity index (χ3n) is 3.97. The smallest absolute Gasteiger partial charge is 0.119 e. The van der Waals surface area contributed by atoms with E-state index in [9.17, 15) is 0 Å². The molecular weight excluding hydrogens is 224 g/mol. The molecule has 1 fully saturated rings. The van der Waals surface area contributed by atoms with Crippen LogP contribution >= 0.6 is 0 Å². The lowest BCUT2D eigenvalue weighted by Gasteiger charge is -2.31. The zero-order valence-corrected chi connectivity index (χ0v) is 11.5. The fourth-order valence-electron chi connectivity index (χ4n) is 2.77.